The van der Waals surface area contributed by atoms with E-state index in [0.29, 0.717) is 11.6 Å². The number of rotatable bonds is 3. The first-order valence-electron chi connectivity index (χ1n) is 9.42. The van der Waals surface area contributed by atoms with Crippen molar-refractivity contribution < 1.29 is 4.79 Å². The molecule has 7 heteroatoms. The minimum atomic E-state index is -0.0494. The minimum absolute atomic E-state index is 0.0308. The number of aromatic amines is 1. The Morgan fingerprint density at radius 3 is 2.96 bits per heavy atom. The lowest BCUT2D eigenvalue weighted by molar-refractivity contribution is 0.0723. The maximum atomic E-state index is 13.0. The van der Waals surface area contributed by atoms with E-state index in [1.54, 1.807) is 0 Å². The number of carbonyl (C=O) groups is 1. The largest absolute Gasteiger partial charge is 0.327 e. The Morgan fingerprint density at radius 2 is 2.19 bits per heavy atom. The van der Waals surface area contributed by atoms with Crippen LogP contribution in [0.4, 0.5) is 0 Å². The zero-order valence-corrected chi connectivity index (χ0v) is 15.7. The number of H-pyrrole nitrogens is 1. The van der Waals surface area contributed by atoms with Crippen LogP contribution in [0.2, 0.25) is 0 Å². The van der Waals surface area contributed by atoms with Gasteiger partial charge in [-0.3, -0.25) is 9.89 Å². The number of nitrogens with zero attached hydrogens (tertiary/aromatic N) is 5. The Hall–Kier alpha value is -2.28. The highest BCUT2D eigenvalue weighted by Gasteiger charge is 2.34. The summed E-state index contributed by atoms with van der Waals surface area (Å²) in [7, 11) is 2.11. The van der Waals surface area contributed by atoms with Gasteiger partial charge in [0.25, 0.3) is 5.91 Å². The zero-order valence-electron chi connectivity index (χ0n) is 15.7. The molecule has 7 nitrogen and oxygen atoms in total. The molecule has 0 bridgehead atoms. The van der Waals surface area contributed by atoms with Crippen LogP contribution in [0.15, 0.2) is 12.3 Å². The van der Waals surface area contributed by atoms with Gasteiger partial charge in [0.15, 0.2) is 5.82 Å². The van der Waals surface area contributed by atoms with Crippen LogP contribution in [0.5, 0.6) is 0 Å². The Labute approximate surface area is 153 Å². The normalized spacial score (nSPS) is 20.6. The van der Waals surface area contributed by atoms with E-state index in [-0.39, 0.29) is 11.9 Å². The van der Waals surface area contributed by atoms with Gasteiger partial charge in [0.05, 0.1) is 6.04 Å². The number of fused-ring (bicyclic) bond motifs is 1. The van der Waals surface area contributed by atoms with Crippen molar-refractivity contribution in [3.63, 3.8) is 0 Å². The van der Waals surface area contributed by atoms with Crippen molar-refractivity contribution in [2.45, 2.75) is 51.6 Å². The molecule has 1 atom stereocenters. The van der Waals surface area contributed by atoms with Crippen LogP contribution in [-0.4, -0.2) is 56.0 Å². The van der Waals surface area contributed by atoms with Crippen LogP contribution in [-0.2, 0) is 13.0 Å². The van der Waals surface area contributed by atoms with Crippen LogP contribution in [0, 0.1) is 0 Å². The Morgan fingerprint density at radius 1 is 1.35 bits per heavy atom. The molecule has 2 aliphatic rings. The summed E-state index contributed by atoms with van der Waals surface area (Å²) >= 11 is 0. The van der Waals surface area contributed by atoms with Gasteiger partial charge in [-0.2, -0.15) is 5.10 Å². The lowest BCUT2D eigenvalue weighted by atomic mass is 10.1. The number of hydrogen-bond donors (Lipinski definition) is 1. The van der Waals surface area contributed by atoms with Crippen molar-refractivity contribution in [1.29, 1.82) is 0 Å². The first kappa shape index (κ1) is 17.1. The van der Waals surface area contributed by atoms with Crippen LogP contribution in [0.25, 0.3) is 0 Å². The highest BCUT2D eigenvalue weighted by molar-refractivity contribution is 5.92. The van der Waals surface area contributed by atoms with Crippen molar-refractivity contribution in [3.05, 3.63) is 40.7 Å². The Balaban J connectivity index is 1.57. The average Bonchev–Trinajstić information content (AvgIpc) is 3.30. The molecular weight excluding hydrogens is 328 g/mol. The summed E-state index contributed by atoms with van der Waals surface area (Å²) in [6.45, 7) is 6.81. The third kappa shape index (κ3) is 3.11. The van der Waals surface area contributed by atoms with E-state index in [4.69, 9.17) is 4.98 Å². The number of likely N-dealkylation sites (N-methyl/N-ethyl adjacent to an activating group) is 1. The molecule has 4 rings (SSSR count). The van der Waals surface area contributed by atoms with E-state index in [9.17, 15) is 4.79 Å². The quantitative estimate of drug-likeness (QED) is 0.915. The molecule has 2 aliphatic heterocycles. The highest BCUT2D eigenvalue weighted by atomic mass is 16.2. The number of hydrogen-bond acceptors (Lipinski definition) is 5. The van der Waals surface area contributed by atoms with Crippen molar-refractivity contribution in [1.82, 2.24) is 30.0 Å². The molecule has 1 saturated heterocycles. The topological polar surface area (TPSA) is 78.0 Å². The molecule has 0 aliphatic carbocycles. The number of amides is 1. The van der Waals surface area contributed by atoms with Crippen LogP contribution < -0.4 is 0 Å². The first-order valence-corrected chi connectivity index (χ1v) is 9.42. The summed E-state index contributed by atoms with van der Waals surface area (Å²) in [6, 6.07) is 1.82. The molecule has 1 fully saturated rings. The van der Waals surface area contributed by atoms with E-state index in [2.05, 4.69) is 41.0 Å². The molecule has 138 valence electrons. The van der Waals surface area contributed by atoms with E-state index < -0.39 is 0 Å². The minimum Gasteiger partial charge on any atom is -0.327 e. The van der Waals surface area contributed by atoms with Gasteiger partial charge in [0, 0.05) is 49.2 Å². The fourth-order valence-corrected chi connectivity index (χ4v) is 3.80. The van der Waals surface area contributed by atoms with Crippen molar-refractivity contribution in [2.24, 2.45) is 0 Å². The second kappa shape index (κ2) is 6.79. The molecule has 0 spiro atoms. The van der Waals surface area contributed by atoms with Crippen molar-refractivity contribution in [3.8, 4) is 0 Å². The van der Waals surface area contributed by atoms with Gasteiger partial charge >= 0.3 is 0 Å². The van der Waals surface area contributed by atoms with Crippen molar-refractivity contribution >= 4 is 5.91 Å². The Kier molecular flexibility index (Phi) is 4.48. The third-order valence-electron chi connectivity index (χ3n) is 5.39. The monoisotopic (exact) mass is 354 g/mol. The SMILES string of the molecule is CC(C)c1cc(C(=O)N2CCCC2c2ncc3c(n2)CCN(C)C3)n[nH]1. The number of likely N-dealkylation sites (tertiary alicyclic amines) is 1. The molecular formula is C19H26N6O. The molecule has 0 saturated carbocycles. The molecule has 4 heterocycles. The van der Waals surface area contributed by atoms with Gasteiger partial charge in [-0.25, -0.2) is 9.97 Å². The molecule has 1 N–H and O–H groups in total. The summed E-state index contributed by atoms with van der Waals surface area (Å²) in [6.07, 6.45) is 4.77. The molecule has 0 aromatic carbocycles. The van der Waals surface area contributed by atoms with Gasteiger partial charge in [-0.1, -0.05) is 13.8 Å². The van der Waals surface area contributed by atoms with E-state index in [1.165, 1.54) is 5.56 Å². The molecule has 26 heavy (non-hydrogen) atoms. The standard InChI is InChI=1S/C19H26N6O/c1-12(2)15-9-16(23-22-15)19(26)25-7-4-5-17(25)18-20-10-13-11-24(3)8-6-14(13)21-18/h9-10,12,17H,4-8,11H2,1-3H3,(H,22,23). The second-order valence-corrected chi connectivity index (χ2v) is 7.71. The van der Waals surface area contributed by atoms with Gasteiger partial charge in [0.2, 0.25) is 0 Å². The van der Waals surface area contributed by atoms with E-state index in [0.717, 1.165) is 56.1 Å². The zero-order chi connectivity index (χ0) is 18.3. The van der Waals surface area contributed by atoms with Crippen LogP contribution >= 0.6 is 0 Å². The predicted molar refractivity (Wildman–Crippen MR) is 97.8 cm³/mol. The summed E-state index contributed by atoms with van der Waals surface area (Å²) in [5.74, 6) is 1.07. The first-order chi connectivity index (χ1) is 12.5. The van der Waals surface area contributed by atoms with Crippen LogP contribution in [0.1, 0.15) is 71.9 Å². The summed E-state index contributed by atoms with van der Waals surface area (Å²) in [5, 5.41) is 7.20. The maximum Gasteiger partial charge on any atom is 0.274 e. The number of nitrogens with one attached hydrogen (secondary N) is 1. The fourth-order valence-electron chi connectivity index (χ4n) is 3.80. The van der Waals surface area contributed by atoms with Gasteiger partial charge < -0.3 is 9.80 Å². The maximum absolute atomic E-state index is 13.0. The lowest BCUT2D eigenvalue weighted by Crippen LogP contribution is -2.33. The number of aromatic nitrogens is 4. The summed E-state index contributed by atoms with van der Waals surface area (Å²) in [5.41, 5.74) is 3.81. The average molecular weight is 354 g/mol. The second-order valence-electron chi connectivity index (χ2n) is 7.71. The smallest absolute Gasteiger partial charge is 0.274 e. The number of carbonyl (C=O) groups excluding carboxylic acids is 1. The predicted octanol–water partition coefficient (Wildman–Crippen LogP) is 2.29. The highest BCUT2D eigenvalue weighted by Crippen LogP contribution is 2.32. The van der Waals surface area contributed by atoms with E-state index in [1.807, 2.05) is 17.2 Å². The molecule has 1 amide bonds. The summed E-state index contributed by atoms with van der Waals surface area (Å²) < 4.78 is 0. The van der Waals surface area contributed by atoms with Crippen molar-refractivity contribution in [2.75, 3.05) is 20.1 Å². The fraction of sp³-hybridized carbons (Fsp3) is 0.579. The van der Waals surface area contributed by atoms with Crippen LogP contribution in [0.3, 0.4) is 0 Å². The molecule has 0 radical (unpaired) electrons. The molecule has 2 aromatic rings. The summed E-state index contributed by atoms with van der Waals surface area (Å²) in [4.78, 5) is 26.6. The Bertz CT molecular complexity index is 814. The van der Waals surface area contributed by atoms with Gasteiger partial charge in [-0.05, 0) is 31.9 Å². The molecule has 1 unspecified atom stereocenters. The third-order valence-corrected chi connectivity index (χ3v) is 5.39. The van der Waals surface area contributed by atoms with Gasteiger partial charge in [-0.15, -0.1) is 0 Å². The molecule has 2 aromatic heterocycles. The van der Waals surface area contributed by atoms with E-state index >= 15 is 0 Å². The van der Waals surface area contributed by atoms with Gasteiger partial charge in [0.1, 0.15) is 5.69 Å². The lowest BCUT2D eigenvalue weighted by Gasteiger charge is -2.26.